The second-order valence-electron chi connectivity index (χ2n) is 4.48. The Kier molecular flexibility index (Phi) is 5.86. The molecule has 0 aliphatic rings. The molecule has 0 fully saturated rings. The fourth-order valence-electron chi connectivity index (χ4n) is 1.07. The molecular weight excluding hydrogens is 226 g/mol. The first-order chi connectivity index (χ1) is 7.21. The lowest BCUT2D eigenvalue weighted by Gasteiger charge is -2.25. The number of carbonyl (C=O) groups excluding carboxylic acids is 1. The molecule has 1 amide bonds. The van der Waals surface area contributed by atoms with Gasteiger partial charge in [0.1, 0.15) is 6.04 Å². The third-order valence-electron chi connectivity index (χ3n) is 2.83. The van der Waals surface area contributed by atoms with Crippen LogP contribution in [0.2, 0.25) is 0 Å². The maximum Gasteiger partial charge on any atom is 0.326 e. The highest BCUT2D eigenvalue weighted by Gasteiger charge is 2.24. The van der Waals surface area contributed by atoms with E-state index >= 15 is 0 Å². The summed E-state index contributed by atoms with van der Waals surface area (Å²) < 4.78 is 0.0585. The molecule has 0 heterocycles. The minimum absolute atomic E-state index is 0.0585. The average Bonchev–Trinajstić information content (AvgIpc) is 2.23. The van der Waals surface area contributed by atoms with Gasteiger partial charge in [0.25, 0.3) is 0 Å². The largest absolute Gasteiger partial charge is 0.480 e. The van der Waals surface area contributed by atoms with Gasteiger partial charge in [-0.05, 0) is 19.6 Å². The van der Waals surface area contributed by atoms with Crippen LogP contribution >= 0.6 is 11.8 Å². The second-order valence-corrected chi connectivity index (χ2v) is 6.00. The van der Waals surface area contributed by atoms with Crippen LogP contribution in [0.4, 0.5) is 0 Å². The molecule has 0 saturated heterocycles. The number of hydrogen-bond donors (Lipinski definition) is 1. The summed E-state index contributed by atoms with van der Waals surface area (Å²) in [6, 6.07) is -0.759. The van der Waals surface area contributed by atoms with Crippen molar-refractivity contribution in [1.29, 1.82) is 0 Å². The zero-order valence-electron chi connectivity index (χ0n) is 10.6. The maximum absolute atomic E-state index is 11.7. The lowest BCUT2D eigenvalue weighted by atomic mass is 10.1. The highest BCUT2D eigenvalue weighted by Crippen LogP contribution is 2.26. The second kappa shape index (κ2) is 6.13. The number of likely N-dealkylation sites (N-methyl/N-ethyl adjacent to an activating group) is 1. The van der Waals surface area contributed by atoms with E-state index in [0.29, 0.717) is 6.42 Å². The molecule has 0 aromatic carbocycles. The van der Waals surface area contributed by atoms with Crippen LogP contribution in [0, 0.1) is 0 Å². The molecule has 94 valence electrons. The molecule has 1 atom stereocenters. The number of amides is 1. The normalized spacial score (nSPS) is 13.3. The molecule has 0 bridgehead atoms. The van der Waals surface area contributed by atoms with Crippen LogP contribution in [-0.4, -0.2) is 46.0 Å². The quantitative estimate of drug-likeness (QED) is 0.778. The first-order valence-corrected chi connectivity index (χ1v) is 6.47. The predicted octanol–water partition coefficient (Wildman–Crippen LogP) is 1.84. The molecule has 5 heteroatoms. The molecule has 0 saturated carbocycles. The van der Waals surface area contributed by atoms with Crippen molar-refractivity contribution in [3.05, 3.63) is 0 Å². The fourth-order valence-corrected chi connectivity index (χ4v) is 1.37. The van der Waals surface area contributed by atoms with Crippen LogP contribution in [-0.2, 0) is 9.59 Å². The molecule has 0 aromatic heterocycles. The zero-order valence-corrected chi connectivity index (χ0v) is 11.4. The fraction of sp³-hybridized carbons (Fsp3) is 0.818. The van der Waals surface area contributed by atoms with Crippen molar-refractivity contribution in [3.8, 4) is 0 Å². The van der Waals surface area contributed by atoms with Gasteiger partial charge in [-0.1, -0.05) is 13.8 Å². The summed E-state index contributed by atoms with van der Waals surface area (Å²) in [5.74, 6) is -1.09. The number of carbonyl (C=O) groups is 2. The van der Waals surface area contributed by atoms with Gasteiger partial charge in [-0.15, -0.1) is 0 Å². The van der Waals surface area contributed by atoms with E-state index in [2.05, 4.69) is 13.8 Å². The van der Waals surface area contributed by atoms with Crippen molar-refractivity contribution in [2.45, 2.75) is 44.4 Å². The van der Waals surface area contributed by atoms with Crippen molar-refractivity contribution in [1.82, 2.24) is 4.90 Å². The predicted molar refractivity (Wildman–Crippen MR) is 66.7 cm³/mol. The number of carboxylic acid groups (broad SMARTS) is 1. The number of nitrogens with zero attached hydrogens (tertiary/aromatic N) is 1. The van der Waals surface area contributed by atoms with Crippen LogP contribution in [0.5, 0.6) is 0 Å². The molecule has 16 heavy (non-hydrogen) atoms. The first-order valence-electron chi connectivity index (χ1n) is 5.25. The van der Waals surface area contributed by atoms with Crippen molar-refractivity contribution >= 4 is 23.6 Å². The van der Waals surface area contributed by atoms with Crippen LogP contribution in [0.15, 0.2) is 0 Å². The standard InChI is InChI=1S/C11H21NO3S/c1-8(10(14)15)12(4)9(13)6-7-11(2,3)16-5/h8H,6-7H2,1-5H3,(H,14,15)/t8-/m0/s1. The molecule has 0 rings (SSSR count). The van der Waals surface area contributed by atoms with E-state index in [0.717, 1.165) is 6.42 Å². The molecule has 0 aliphatic carbocycles. The number of rotatable bonds is 6. The average molecular weight is 247 g/mol. The van der Waals surface area contributed by atoms with Gasteiger partial charge in [-0.25, -0.2) is 4.79 Å². The molecule has 1 N–H and O–H groups in total. The van der Waals surface area contributed by atoms with Gasteiger partial charge in [-0.3, -0.25) is 4.79 Å². The van der Waals surface area contributed by atoms with Crippen molar-refractivity contribution in [2.75, 3.05) is 13.3 Å². The lowest BCUT2D eigenvalue weighted by Crippen LogP contribution is -2.40. The van der Waals surface area contributed by atoms with Gasteiger partial charge in [0.15, 0.2) is 0 Å². The Morgan fingerprint density at radius 2 is 1.94 bits per heavy atom. The van der Waals surface area contributed by atoms with Gasteiger partial charge in [-0.2, -0.15) is 11.8 Å². The van der Waals surface area contributed by atoms with Gasteiger partial charge < -0.3 is 10.0 Å². The summed E-state index contributed by atoms with van der Waals surface area (Å²) >= 11 is 1.71. The third kappa shape index (κ3) is 4.88. The summed E-state index contributed by atoms with van der Waals surface area (Å²) in [4.78, 5) is 23.7. The van der Waals surface area contributed by atoms with E-state index in [1.54, 1.807) is 11.8 Å². The van der Waals surface area contributed by atoms with Crippen molar-refractivity contribution in [3.63, 3.8) is 0 Å². The molecule has 0 radical (unpaired) electrons. The van der Waals surface area contributed by atoms with Gasteiger partial charge in [0.2, 0.25) is 5.91 Å². The van der Waals surface area contributed by atoms with Crippen molar-refractivity contribution in [2.24, 2.45) is 0 Å². The molecule has 0 unspecified atom stereocenters. The highest BCUT2D eigenvalue weighted by molar-refractivity contribution is 7.99. The first kappa shape index (κ1) is 15.3. The van der Waals surface area contributed by atoms with Gasteiger partial charge >= 0.3 is 5.97 Å². The number of carboxylic acids is 1. The number of thioether (sulfide) groups is 1. The van der Waals surface area contributed by atoms with E-state index in [9.17, 15) is 9.59 Å². The Morgan fingerprint density at radius 3 is 2.31 bits per heavy atom. The van der Waals surface area contributed by atoms with Crippen LogP contribution in [0.25, 0.3) is 0 Å². The number of aliphatic carboxylic acids is 1. The van der Waals surface area contributed by atoms with E-state index in [1.807, 2.05) is 6.26 Å². The minimum atomic E-state index is -0.972. The van der Waals surface area contributed by atoms with Gasteiger partial charge in [0.05, 0.1) is 0 Å². The lowest BCUT2D eigenvalue weighted by molar-refractivity contribution is -0.148. The monoisotopic (exact) mass is 247 g/mol. The Hall–Kier alpha value is -0.710. The molecule has 4 nitrogen and oxygen atoms in total. The Balaban J connectivity index is 4.22. The molecule has 0 aromatic rings. The van der Waals surface area contributed by atoms with Crippen LogP contribution in [0.3, 0.4) is 0 Å². The van der Waals surface area contributed by atoms with Gasteiger partial charge in [0, 0.05) is 18.2 Å². The maximum atomic E-state index is 11.7. The Morgan fingerprint density at radius 1 is 1.44 bits per heavy atom. The van der Waals surface area contributed by atoms with E-state index in [-0.39, 0.29) is 10.7 Å². The summed E-state index contributed by atoms with van der Waals surface area (Å²) in [5.41, 5.74) is 0. The Bertz CT molecular complexity index is 266. The molecular formula is C11H21NO3S. The summed E-state index contributed by atoms with van der Waals surface area (Å²) in [5, 5.41) is 8.78. The van der Waals surface area contributed by atoms with Crippen LogP contribution < -0.4 is 0 Å². The Labute approximate surface area is 101 Å². The highest BCUT2D eigenvalue weighted by atomic mass is 32.2. The third-order valence-corrected chi connectivity index (χ3v) is 4.13. The SMILES string of the molecule is CSC(C)(C)CCC(=O)N(C)[C@@H](C)C(=O)O. The molecule has 0 spiro atoms. The minimum Gasteiger partial charge on any atom is -0.480 e. The van der Waals surface area contributed by atoms with E-state index in [1.165, 1.54) is 18.9 Å². The molecule has 0 aliphatic heterocycles. The smallest absolute Gasteiger partial charge is 0.326 e. The summed E-state index contributed by atoms with van der Waals surface area (Å²) in [6.45, 7) is 5.66. The summed E-state index contributed by atoms with van der Waals surface area (Å²) in [7, 11) is 1.53. The topological polar surface area (TPSA) is 57.6 Å². The van der Waals surface area contributed by atoms with E-state index < -0.39 is 12.0 Å². The summed E-state index contributed by atoms with van der Waals surface area (Å²) in [6.07, 6.45) is 3.15. The van der Waals surface area contributed by atoms with E-state index in [4.69, 9.17) is 5.11 Å². The van der Waals surface area contributed by atoms with Crippen molar-refractivity contribution < 1.29 is 14.7 Å². The number of hydrogen-bond acceptors (Lipinski definition) is 3. The zero-order chi connectivity index (χ0) is 12.9. The van der Waals surface area contributed by atoms with Crippen LogP contribution in [0.1, 0.15) is 33.6 Å².